The number of carbonyl (C=O) groups excluding carboxylic acids is 7. The SMILES string of the molecule is CC(=O)n1cc(OC(=O)C(NC(=O)C2CCCN2C(=O)C(C)CC(=O)C(C)NC(=O)C(C)NC(=O)OCC2c3ccccc3-c3ccccc32)C(C)C)c2ccccc21. The predicted octanol–water partition coefficient (Wildman–Crippen LogP) is 5.37. The summed E-state index contributed by atoms with van der Waals surface area (Å²) < 4.78 is 12.7. The highest BCUT2D eigenvalue weighted by Crippen LogP contribution is 2.44. The van der Waals surface area contributed by atoms with E-state index in [4.69, 9.17) is 9.47 Å². The van der Waals surface area contributed by atoms with Crippen LogP contribution in [0.25, 0.3) is 22.0 Å². The third kappa shape index (κ3) is 9.21. The van der Waals surface area contributed by atoms with Crippen molar-refractivity contribution in [2.24, 2.45) is 11.8 Å². The van der Waals surface area contributed by atoms with Gasteiger partial charge in [0.2, 0.25) is 23.6 Å². The molecule has 0 radical (unpaired) electrons. The Labute approximate surface area is 343 Å². The molecule has 5 atom stereocenters. The molecule has 2 aliphatic rings. The van der Waals surface area contributed by atoms with Gasteiger partial charge in [0.05, 0.1) is 17.8 Å². The zero-order valence-corrected chi connectivity index (χ0v) is 34.2. The topological polar surface area (TPSA) is 182 Å². The highest BCUT2D eigenvalue weighted by Gasteiger charge is 2.39. The van der Waals surface area contributed by atoms with Crippen molar-refractivity contribution in [1.82, 2.24) is 25.4 Å². The van der Waals surface area contributed by atoms with Crippen LogP contribution >= 0.6 is 0 Å². The van der Waals surface area contributed by atoms with Gasteiger partial charge in [0.1, 0.15) is 24.7 Å². The van der Waals surface area contributed by atoms with Gasteiger partial charge in [0.15, 0.2) is 11.5 Å². The molecule has 14 heteroatoms. The zero-order valence-electron chi connectivity index (χ0n) is 34.2. The third-order valence-electron chi connectivity index (χ3n) is 11.1. The van der Waals surface area contributed by atoms with Crippen LogP contribution in [-0.4, -0.2) is 88.3 Å². The van der Waals surface area contributed by atoms with Gasteiger partial charge < -0.3 is 30.3 Å². The van der Waals surface area contributed by atoms with Crippen LogP contribution in [-0.2, 0) is 28.7 Å². The molecule has 1 saturated heterocycles. The summed E-state index contributed by atoms with van der Waals surface area (Å²) in [5.74, 6) is -4.04. The number of fused-ring (bicyclic) bond motifs is 4. The molecule has 0 bridgehead atoms. The van der Waals surface area contributed by atoms with Gasteiger partial charge in [-0.25, -0.2) is 9.59 Å². The van der Waals surface area contributed by atoms with Gasteiger partial charge in [0.25, 0.3) is 0 Å². The molecule has 310 valence electrons. The first-order valence-corrected chi connectivity index (χ1v) is 20.0. The first kappa shape index (κ1) is 42.3. The second kappa shape index (κ2) is 18.1. The fourth-order valence-electron chi connectivity index (χ4n) is 7.86. The van der Waals surface area contributed by atoms with Gasteiger partial charge in [-0.2, -0.15) is 0 Å². The van der Waals surface area contributed by atoms with Crippen molar-refractivity contribution in [1.29, 1.82) is 0 Å². The summed E-state index contributed by atoms with van der Waals surface area (Å²) in [6, 6.07) is 19.0. The molecule has 3 aromatic carbocycles. The van der Waals surface area contributed by atoms with Gasteiger partial charge in [-0.15, -0.1) is 0 Å². The lowest BCUT2D eigenvalue weighted by Crippen LogP contribution is -2.54. The van der Waals surface area contributed by atoms with Gasteiger partial charge in [-0.3, -0.25) is 28.5 Å². The van der Waals surface area contributed by atoms with Crippen molar-refractivity contribution in [3.8, 4) is 16.9 Å². The second-order valence-corrected chi connectivity index (χ2v) is 15.7. The van der Waals surface area contributed by atoms with E-state index in [2.05, 4.69) is 16.0 Å². The molecule has 6 rings (SSSR count). The number of rotatable bonds is 14. The average molecular weight is 806 g/mol. The molecule has 1 aliphatic carbocycles. The first-order valence-electron chi connectivity index (χ1n) is 20.0. The van der Waals surface area contributed by atoms with Gasteiger partial charge in [-0.1, -0.05) is 81.4 Å². The maximum Gasteiger partial charge on any atom is 0.407 e. The Morgan fingerprint density at radius 3 is 2.05 bits per heavy atom. The van der Waals surface area contributed by atoms with E-state index < -0.39 is 65.7 Å². The Balaban J connectivity index is 0.979. The maximum absolute atomic E-state index is 13.7. The minimum atomic E-state index is -1.05. The smallest absolute Gasteiger partial charge is 0.407 e. The molecule has 2 heterocycles. The number of para-hydroxylation sites is 1. The van der Waals surface area contributed by atoms with Crippen molar-refractivity contribution in [3.63, 3.8) is 0 Å². The molecule has 1 aromatic heterocycles. The van der Waals surface area contributed by atoms with E-state index in [0.717, 1.165) is 22.3 Å². The van der Waals surface area contributed by atoms with E-state index in [0.29, 0.717) is 30.3 Å². The number of ether oxygens (including phenoxy) is 2. The van der Waals surface area contributed by atoms with E-state index in [1.165, 1.54) is 36.4 Å². The van der Waals surface area contributed by atoms with Crippen LogP contribution in [0.1, 0.15) is 82.6 Å². The Hall–Kier alpha value is -6.31. The van der Waals surface area contributed by atoms with E-state index in [1.54, 1.807) is 45.0 Å². The van der Waals surface area contributed by atoms with Crippen LogP contribution in [0.5, 0.6) is 5.75 Å². The second-order valence-electron chi connectivity index (χ2n) is 15.7. The molecule has 3 N–H and O–H groups in total. The number of aromatic nitrogens is 1. The van der Waals surface area contributed by atoms with Gasteiger partial charge >= 0.3 is 12.1 Å². The monoisotopic (exact) mass is 805 g/mol. The van der Waals surface area contributed by atoms with Crippen LogP contribution in [0, 0.1) is 11.8 Å². The quantitative estimate of drug-likeness (QED) is 0.141. The summed E-state index contributed by atoms with van der Waals surface area (Å²) in [5, 5.41) is 8.49. The number of ketones is 1. The largest absolute Gasteiger partial charge is 0.449 e. The maximum atomic E-state index is 13.7. The van der Waals surface area contributed by atoms with Crippen LogP contribution in [0.2, 0.25) is 0 Å². The number of likely N-dealkylation sites (tertiary alicyclic amines) is 1. The standard InChI is InChI=1S/C45H51N5O9/c1-25(2)40(44(56)59-39-23-50(29(6)51)36-19-12-11-18-34(36)39)48-42(54)37-20-13-21-49(37)43(55)26(3)22-38(52)27(4)46-41(53)28(5)47-45(57)58-24-35-32-16-9-7-14-30(32)31-15-8-10-17-33(31)35/h7-12,14-19,23,25-28,35,37,40H,13,20-22,24H2,1-6H3,(H,46,53)(H,47,57)(H,48,54). The molecular weight excluding hydrogens is 755 g/mol. The highest BCUT2D eigenvalue weighted by atomic mass is 16.5. The van der Waals surface area contributed by atoms with Gasteiger partial charge in [-0.05, 0) is 67.0 Å². The molecule has 1 aliphatic heterocycles. The minimum Gasteiger partial charge on any atom is -0.449 e. The fourth-order valence-corrected chi connectivity index (χ4v) is 7.86. The van der Waals surface area contributed by atoms with Crippen LogP contribution in [0.4, 0.5) is 4.79 Å². The molecule has 0 saturated carbocycles. The number of nitrogens with one attached hydrogen (secondary N) is 3. The number of carbonyl (C=O) groups is 7. The summed E-state index contributed by atoms with van der Waals surface area (Å²) in [6.45, 7) is 9.87. The number of Topliss-reactive ketones (excluding diaryl/α,β-unsaturated/α-hetero) is 1. The molecule has 4 aromatic rings. The first-order chi connectivity index (χ1) is 28.2. The molecule has 59 heavy (non-hydrogen) atoms. The molecular formula is C45H51N5O9. The number of nitrogens with zero attached hydrogens (tertiary/aromatic N) is 2. The van der Waals surface area contributed by atoms with Crippen molar-refractivity contribution in [2.75, 3.05) is 13.2 Å². The lowest BCUT2D eigenvalue weighted by molar-refractivity contribution is -0.145. The summed E-state index contributed by atoms with van der Waals surface area (Å²) in [6.07, 6.45) is 1.39. The van der Waals surface area contributed by atoms with E-state index in [-0.39, 0.29) is 36.5 Å². The molecule has 14 nitrogen and oxygen atoms in total. The number of alkyl carbamates (subject to hydrolysis) is 1. The third-order valence-corrected chi connectivity index (χ3v) is 11.1. The molecule has 4 amide bonds. The lowest BCUT2D eigenvalue weighted by Gasteiger charge is -2.29. The highest BCUT2D eigenvalue weighted by molar-refractivity contribution is 5.98. The van der Waals surface area contributed by atoms with Crippen molar-refractivity contribution in [2.45, 2.75) is 90.9 Å². The Bertz CT molecular complexity index is 2240. The van der Waals surface area contributed by atoms with Gasteiger partial charge in [0, 0.05) is 37.1 Å². The molecule has 1 fully saturated rings. The van der Waals surface area contributed by atoms with E-state index >= 15 is 0 Å². The normalized spacial score (nSPS) is 16.7. The fraction of sp³-hybridized carbons (Fsp3) is 0.400. The summed E-state index contributed by atoms with van der Waals surface area (Å²) in [4.78, 5) is 93.4. The van der Waals surface area contributed by atoms with Crippen molar-refractivity contribution in [3.05, 3.63) is 90.1 Å². The number of amides is 4. The Morgan fingerprint density at radius 2 is 1.41 bits per heavy atom. The summed E-state index contributed by atoms with van der Waals surface area (Å²) >= 11 is 0. The van der Waals surface area contributed by atoms with Crippen LogP contribution in [0.3, 0.4) is 0 Å². The number of hydrogen-bond acceptors (Lipinski definition) is 9. The Kier molecular flexibility index (Phi) is 13.0. The van der Waals surface area contributed by atoms with Crippen LogP contribution < -0.4 is 20.7 Å². The number of hydrogen-bond donors (Lipinski definition) is 3. The molecule has 5 unspecified atom stereocenters. The average Bonchev–Trinajstić information content (AvgIpc) is 3.93. The van der Waals surface area contributed by atoms with E-state index in [9.17, 15) is 33.6 Å². The van der Waals surface area contributed by atoms with Crippen molar-refractivity contribution < 1.29 is 43.0 Å². The summed E-state index contributed by atoms with van der Waals surface area (Å²) in [5.41, 5.74) is 4.88. The van der Waals surface area contributed by atoms with E-state index in [1.807, 2.05) is 48.5 Å². The summed E-state index contributed by atoms with van der Waals surface area (Å²) in [7, 11) is 0. The molecule has 0 spiro atoms. The van der Waals surface area contributed by atoms with Crippen LogP contribution in [0.15, 0.2) is 79.0 Å². The minimum absolute atomic E-state index is 0.0788. The predicted molar refractivity (Wildman–Crippen MR) is 219 cm³/mol. The zero-order chi connectivity index (χ0) is 42.5. The number of esters is 1. The number of benzene rings is 3. The van der Waals surface area contributed by atoms with Crippen molar-refractivity contribution >= 4 is 52.4 Å². The lowest BCUT2D eigenvalue weighted by atomic mass is 9.98. The Morgan fingerprint density at radius 1 is 0.780 bits per heavy atom.